The van der Waals surface area contributed by atoms with Crippen LogP contribution in [-0.2, 0) is 32.7 Å². The second kappa shape index (κ2) is 11.6. The molecule has 0 aliphatic rings. The van der Waals surface area contributed by atoms with Crippen LogP contribution in [0, 0.1) is 0 Å². The Balaban J connectivity index is 4.32. The quantitative estimate of drug-likeness (QED) is 0.302. The molecule has 0 saturated carbocycles. The highest BCUT2D eigenvalue weighted by molar-refractivity contribution is 7.53. The molecule has 2 unspecified atom stereocenters. The van der Waals surface area contributed by atoms with Crippen molar-refractivity contribution in [3.8, 4) is 0 Å². The summed E-state index contributed by atoms with van der Waals surface area (Å²) in [6.45, 7) is 8.59. The van der Waals surface area contributed by atoms with Crippen molar-refractivity contribution in [3.05, 3.63) is 0 Å². The van der Waals surface area contributed by atoms with Crippen molar-refractivity contribution in [2.45, 2.75) is 65.6 Å². The summed E-state index contributed by atoms with van der Waals surface area (Å²) >= 11 is 0. The van der Waals surface area contributed by atoms with Crippen molar-refractivity contribution in [2.24, 2.45) is 0 Å². The normalized spacial score (nSPS) is 16.2. The molecule has 0 bridgehead atoms. The lowest BCUT2D eigenvalue weighted by molar-refractivity contribution is -0.153. The predicted octanol–water partition coefficient (Wildman–Crippen LogP) is 3.31. The van der Waals surface area contributed by atoms with Gasteiger partial charge in [0.1, 0.15) is 0 Å². The van der Waals surface area contributed by atoms with Crippen molar-refractivity contribution in [1.82, 2.24) is 0 Å². The second-order valence-corrected chi connectivity index (χ2v) is 7.27. The first-order valence-electron chi connectivity index (χ1n) is 8.01. The molecule has 0 aliphatic heterocycles. The highest BCUT2D eigenvalue weighted by Crippen LogP contribution is 2.46. The number of carbonyl (C=O) groups excluding carboxylic acids is 2. The van der Waals surface area contributed by atoms with E-state index in [2.05, 4.69) is 0 Å². The van der Waals surface area contributed by atoms with Gasteiger partial charge in [0.25, 0.3) is 0 Å². The molecular weight excluding hydrogens is 323 g/mol. The largest absolute Gasteiger partial charge is 0.464 e. The molecule has 8 heteroatoms. The van der Waals surface area contributed by atoms with Gasteiger partial charge in [-0.2, -0.15) is 0 Å². The monoisotopic (exact) mass is 352 g/mol. The van der Waals surface area contributed by atoms with Crippen molar-refractivity contribution in [3.63, 3.8) is 0 Å². The van der Waals surface area contributed by atoms with Crippen molar-refractivity contribution >= 4 is 19.5 Å². The zero-order valence-electron chi connectivity index (χ0n) is 14.7. The number of rotatable bonds is 12. The van der Waals surface area contributed by atoms with Gasteiger partial charge in [-0.05, 0) is 26.7 Å². The van der Waals surface area contributed by atoms with Crippen molar-refractivity contribution in [2.75, 3.05) is 19.9 Å². The van der Waals surface area contributed by atoms with Gasteiger partial charge >= 0.3 is 19.5 Å². The Bertz CT molecular complexity index is 377. The standard InChI is InChI=1S/C15H29O7P/c1-6-8-10-19-14(16)12(3)21-23(5,18)22-13(4)15(17)20-11-9-7-2/h12-13H,6-11H2,1-5H3. The number of carbonyl (C=O) groups is 2. The molecule has 0 heterocycles. The molecule has 0 fully saturated rings. The van der Waals surface area contributed by atoms with Crippen LogP contribution >= 0.6 is 7.60 Å². The van der Waals surface area contributed by atoms with Crippen LogP contribution in [0.1, 0.15) is 53.4 Å². The molecule has 23 heavy (non-hydrogen) atoms. The van der Waals surface area contributed by atoms with Crippen LogP contribution in [0.4, 0.5) is 0 Å². The summed E-state index contributed by atoms with van der Waals surface area (Å²) in [4.78, 5) is 23.3. The van der Waals surface area contributed by atoms with Crippen molar-refractivity contribution in [1.29, 1.82) is 0 Å². The van der Waals surface area contributed by atoms with E-state index in [1.165, 1.54) is 20.5 Å². The van der Waals surface area contributed by atoms with E-state index in [1.54, 1.807) is 0 Å². The Kier molecular flexibility index (Phi) is 11.1. The third-order valence-electron chi connectivity index (χ3n) is 2.85. The number of hydrogen-bond acceptors (Lipinski definition) is 7. The Morgan fingerprint density at radius 3 is 1.52 bits per heavy atom. The molecule has 0 aliphatic carbocycles. The van der Waals surface area contributed by atoms with E-state index in [4.69, 9.17) is 18.5 Å². The maximum Gasteiger partial charge on any atom is 0.335 e. The molecule has 136 valence electrons. The molecule has 2 atom stereocenters. The second-order valence-electron chi connectivity index (χ2n) is 5.31. The maximum atomic E-state index is 12.2. The minimum absolute atomic E-state index is 0.290. The van der Waals surface area contributed by atoms with Gasteiger partial charge < -0.3 is 9.47 Å². The SMILES string of the molecule is CCCCOC(=O)C(C)OP(C)(=O)OC(C)C(=O)OCCCC. The van der Waals surface area contributed by atoms with Crippen LogP contribution in [0.25, 0.3) is 0 Å². The summed E-state index contributed by atoms with van der Waals surface area (Å²) in [6, 6.07) is 0. The first-order chi connectivity index (χ1) is 10.7. The molecule has 0 saturated heterocycles. The fourth-order valence-corrected chi connectivity index (χ4v) is 2.92. The Morgan fingerprint density at radius 1 is 0.870 bits per heavy atom. The molecule has 0 spiro atoms. The minimum Gasteiger partial charge on any atom is -0.464 e. The maximum absolute atomic E-state index is 12.2. The van der Waals surface area contributed by atoms with Gasteiger partial charge in [-0.1, -0.05) is 26.7 Å². The lowest BCUT2D eigenvalue weighted by Crippen LogP contribution is -2.26. The third kappa shape index (κ3) is 10.5. The Hall–Kier alpha value is -0.910. The molecule has 0 rings (SSSR count). The molecule has 0 aromatic carbocycles. The lowest BCUT2D eigenvalue weighted by Gasteiger charge is -2.21. The molecule has 0 radical (unpaired) electrons. The van der Waals surface area contributed by atoms with E-state index in [0.29, 0.717) is 0 Å². The zero-order valence-corrected chi connectivity index (χ0v) is 15.6. The van der Waals surface area contributed by atoms with Gasteiger partial charge in [-0.15, -0.1) is 0 Å². The summed E-state index contributed by atoms with van der Waals surface area (Å²) in [5, 5.41) is 0. The van der Waals surface area contributed by atoms with E-state index in [-0.39, 0.29) is 13.2 Å². The summed E-state index contributed by atoms with van der Waals surface area (Å²) in [5.74, 6) is -1.22. The van der Waals surface area contributed by atoms with Crippen LogP contribution < -0.4 is 0 Å². The fourth-order valence-electron chi connectivity index (χ4n) is 1.55. The molecule has 7 nitrogen and oxygen atoms in total. The summed E-state index contributed by atoms with van der Waals surface area (Å²) in [6.07, 6.45) is 1.22. The van der Waals surface area contributed by atoms with E-state index >= 15 is 0 Å². The minimum atomic E-state index is -3.59. The average molecular weight is 352 g/mol. The molecular formula is C15H29O7P. The first-order valence-corrected chi connectivity index (χ1v) is 10.00. The lowest BCUT2D eigenvalue weighted by atomic mass is 10.3. The van der Waals surface area contributed by atoms with E-state index in [0.717, 1.165) is 25.7 Å². The Labute approximate surface area is 138 Å². The number of ether oxygens (including phenoxy) is 2. The van der Waals surface area contributed by atoms with Gasteiger partial charge in [0.15, 0.2) is 12.2 Å². The highest BCUT2D eigenvalue weighted by Gasteiger charge is 2.30. The summed E-state index contributed by atoms with van der Waals surface area (Å²) in [5.41, 5.74) is 0. The van der Waals surface area contributed by atoms with Gasteiger partial charge in [0.2, 0.25) is 0 Å². The number of unbranched alkanes of at least 4 members (excludes halogenated alkanes) is 2. The van der Waals surface area contributed by atoms with Gasteiger partial charge in [-0.3, -0.25) is 13.6 Å². The van der Waals surface area contributed by atoms with E-state index in [9.17, 15) is 14.2 Å². The molecule has 0 amide bonds. The molecule has 0 N–H and O–H groups in total. The summed E-state index contributed by atoms with van der Waals surface area (Å²) in [7, 11) is -3.59. The topological polar surface area (TPSA) is 88.1 Å². The van der Waals surface area contributed by atoms with Crippen LogP contribution in [0.5, 0.6) is 0 Å². The van der Waals surface area contributed by atoms with E-state index < -0.39 is 31.7 Å². The number of esters is 2. The average Bonchev–Trinajstić information content (AvgIpc) is 2.46. The third-order valence-corrected chi connectivity index (χ3v) is 4.25. The van der Waals surface area contributed by atoms with Gasteiger partial charge in [-0.25, -0.2) is 9.59 Å². The van der Waals surface area contributed by atoms with Gasteiger partial charge in [0, 0.05) is 6.66 Å². The van der Waals surface area contributed by atoms with Crippen LogP contribution in [-0.4, -0.2) is 44.0 Å². The van der Waals surface area contributed by atoms with Crippen LogP contribution in [0.3, 0.4) is 0 Å². The molecule has 0 aromatic rings. The molecule has 0 aromatic heterocycles. The first kappa shape index (κ1) is 22.1. The van der Waals surface area contributed by atoms with Crippen molar-refractivity contribution < 1.29 is 32.7 Å². The van der Waals surface area contributed by atoms with Gasteiger partial charge in [0.05, 0.1) is 13.2 Å². The number of hydrogen-bond donors (Lipinski definition) is 0. The van der Waals surface area contributed by atoms with Crippen LogP contribution in [0.2, 0.25) is 0 Å². The fraction of sp³-hybridized carbons (Fsp3) is 0.867. The highest BCUT2D eigenvalue weighted by atomic mass is 31.2. The van der Waals surface area contributed by atoms with E-state index in [1.807, 2.05) is 13.8 Å². The van der Waals surface area contributed by atoms with Crippen LogP contribution in [0.15, 0.2) is 0 Å². The Morgan fingerprint density at radius 2 is 1.22 bits per heavy atom. The zero-order chi connectivity index (χ0) is 17.9. The predicted molar refractivity (Wildman–Crippen MR) is 86.4 cm³/mol. The summed E-state index contributed by atoms with van der Waals surface area (Å²) < 4.78 is 32.5. The smallest absolute Gasteiger partial charge is 0.335 e.